The van der Waals surface area contributed by atoms with Gasteiger partial charge in [0.05, 0.1) is 11.8 Å². The average molecular weight is 192 g/mol. The van der Waals surface area contributed by atoms with Gasteiger partial charge in [0, 0.05) is 25.2 Å². The third-order valence-corrected chi connectivity index (χ3v) is 2.19. The zero-order valence-corrected chi connectivity index (χ0v) is 8.70. The van der Waals surface area contributed by atoms with E-state index in [1.54, 1.807) is 4.68 Å². The normalized spacial score (nSPS) is 12.4. The summed E-state index contributed by atoms with van der Waals surface area (Å²) in [5.74, 6) is 2.53. The molecule has 76 valence electrons. The summed E-state index contributed by atoms with van der Waals surface area (Å²) in [7, 11) is 1.86. The Morgan fingerprint density at radius 2 is 2.43 bits per heavy atom. The third-order valence-electron chi connectivity index (χ3n) is 2.19. The maximum absolute atomic E-state index is 9.83. The number of aliphatic hydroxyl groups is 1. The van der Waals surface area contributed by atoms with Crippen molar-refractivity contribution in [1.29, 1.82) is 0 Å². The quantitative estimate of drug-likeness (QED) is 0.733. The summed E-state index contributed by atoms with van der Waals surface area (Å²) in [4.78, 5) is 0. The van der Waals surface area contributed by atoms with E-state index in [0.29, 0.717) is 12.8 Å². The van der Waals surface area contributed by atoms with Crippen LogP contribution in [0, 0.1) is 12.3 Å². The van der Waals surface area contributed by atoms with Crippen molar-refractivity contribution in [1.82, 2.24) is 9.78 Å². The topological polar surface area (TPSA) is 38.0 Å². The Balaban J connectivity index is 2.78. The fourth-order valence-electron chi connectivity index (χ4n) is 1.48. The first-order chi connectivity index (χ1) is 6.69. The van der Waals surface area contributed by atoms with E-state index < -0.39 is 6.10 Å². The van der Waals surface area contributed by atoms with Gasteiger partial charge in [-0.1, -0.05) is 6.92 Å². The molecule has 0 aliphatic rings. The van der Waals surface area contributed by atoms with Crippen LogP contribution in [-0.4, -0.2) is 14.9 Å². The van der Waals surface area contributed by atoms with Crippen molar-refractivity contribution in [3.8, 4) is 12.3 Å². The summed E-state index contributed by atoms with van der Waals surface area (Å²) in [5, 5.41) is 14.1. The Bertz CT molecular complexity index is 336. The zero-order chi connectivity index (χ0) is 10.6. The van der Waals surface area contributed by atoms with Crippen molar-refractivity contribution in [2.75, 3.05) is 0 Å². The molecule has 0 aliphatic heterocycles. The molecule has 0 saturated heterocycles. The molecule has 3 nitrogen and oxygen atoms in total. The SMILES string of the molecule is C#CCCC(O)c1cn(C)nc1CC. The van der Waals surface area contributed by atoms with Gasteiger partial charge in [-0.2, -0.15) is 5.10 Å². The summed E-state index contributed by atoms with van der Waals surface area (Å²) in [6.45, 7) is 2.03. The molecule has 1 rings (SSSR count). The first-order valence-corrected chi connectivity index (χ1v) is 4.83. The lowest BCUT2D eigenvalue weighted by atomic mass is 10.0. The molecule has 0 spiro atoms. The van der Waals surface area contributed by atoms with Crippen LogP contribution in [0.25, 0.3) is 0 Å². The average Bonchev–Trinajstić information content (AvgIpc) is 2.56. The molecular weight excluding hydrogens is 176 g/mol. The highest BCUT2D eigenvalue weighted by molar-refractivity contribution is 5.20. The van der Waals surface area contributed by atoms with E-state index in [1.165, 1.54) is 0 Å². The molecule has 0 aromatic carbocycles. The van der Waals surface area contributed by atoms with Crippen LogP contribution in [0.15, 0.2) is 6.20 Å². The standard InChI is InChI=1S/C11H16N2O/c1-4-6-7-11(14)9-8-13(3)12-10(9)5-2/h1,8,11,14H,5-7H2,2-3H3. The molecule has 0 radical (unpaired) electrons. The van der Waals surface area contributed by atoms with E-state index in [4.69, 9.17) is 6.42 Å². The Morgan fingerprint density at radius 3 is 3.00 bits per heavy atom. The fraction of sp³-hybridized carbons (Fsp3) is 0.545. The van der Waals surface area contributed by atoms with Crippen LogP contribution in [0.1, 0.15) is 37.1 Å². The lowest BCUT2D eigenvalue weighted by molar-refractivity contribution is 0.168. The first-order valence-electron chi connectivity index (χ1n) is 4.83. The Morgan fingerprint density at radius 1 is 1.71 bits per heavy atom. The lowest BCUT2D eigenvalue weighted by Gasteiger charge is -2.07. The third kappa shape index (κ3) is 2.36. The van der Waals surface area contributed by atoms with E-state index in [1.807, 2.05) is 20.2 Å². The monoisotopic (exact) mass is 192 g/mol. The van der Waals surface area contributed by atoms with Crippen molar-refractivity contribution in [3.63, 3.8) is 0 Å². The predicted molar refractivity (Wildman–Crippen MR) is 55.6 cm³/mol. The molecule has 1 aromatic heterocycles. The van der Waals surface area contributed by atoms with E-state index in [2.05, 4.69) is 11.0 Å². The smallest absolute Gasteiger partial charge is 0.0832 e. The minimum absolute atomic E-state index is 0.477. The molecule has 3 heteroatoms. The second-order valence-electron chi connectivity index (χ2n) is 3.32. The van der Waals surface area contributed by atoms with Gasteiger partial charge >= 0.3 is 0 Å². The summed E-state index contributed by atoms with van der Waals surface area (Å²) in [6.07, 6.45) is 8.57. The van der Waals surface area contributed by atoms with Crippen LogP contribution in [0.2, 0.25) is 0 Å². The zero-order valence-electron chi connectivity index (χ0n) is 8.70. The largest absolute Gasteiger partial charge is 0.388 e. The number of aromatic nitrogens is 2. The van der Waals surface area contributed by atoms with Gasteiger partial charge in [-0.15, -0.1) is 12.3 Å². The summed E-state index contributed by atoms with van der Waals surface area (Å²) in [5.41, 5.74) is 1.86. The molecule has 0 saturated carbocycles. The van der Waals surface area contributed by atoms with Crippen LogP contribution in [0.4, 0.5) is 0 Å². The first kappa shape index (κ1) is 10.8. The van der Waals surface area contributed by atoms with Crippen molar-refractivity contribution >= 4 is 0 Å². The molecule has 1 aromatic rings. The highest BCUT2D eigenvalue weighted by Crippen LogP contribution is 2.21. The Hall–Kier alpha value is -1.27. The Kier molecular flexibility index (Phi) is 3.73. The van der Waals surface area contributed by atoms with Crippen LogP contribution in [0.3, 0.4) is 0 Å². The number of hydrogen-bond donors (Lipinski definition) is 1. The molecule has 1 N–H and O–H groups in total. The van der Waals surface area contributed by atoms with E-state index in [-0.39, 0.29) is 0 Å². The molecule has 1 unspecified atom stereocenters. The summed E-state index contributed by atoms with van der Waals surface area (Å²) < 4.78 is 1.73. The lowest BCUT2D eigenvalue weighted by Crippen LogP contribution is -1.99. The minimum atomic E-state index is -0.477. The van der Waals surface area contributed by atoms with Crippen molar-refractivity contribution in [2.45, 2.75) is 32.3 Å². The molecule has 0 bridgehead atoms. The van der Waals surface area contributed by atoms with E-state index >= 15 is 0 Å². The van der Waals surface area contributed by atoms with Crippen molar-refractivity contribution in [2.24, 2.45) is 7.05 Å². The molecule has 14 heavy (non-hydrogen) atoms. The molecular formula is C11H16N2O. The molecule has 0 amide bonds. The van der Waals surface area contributed by atoms with Crippen molar-refractivity contribution < 1.29 is 5.11 Å². The number of aliphatic hydroxyl groups excluding tert-OH is 1. The highest BCUT2D eigenvalue weighted by Gasteiger charge is 2.14. The van der Waals surface area contributed by atoms with Crippen molar-refractivity contribution in [3.05, 3.63) is 17.5 Å². The van der Waals surface area contributed by atoms with Gasteiger partial charge < -0.3 is 5.11 Å². The maximum atomic E-state index is 9.83. The van der Waals surface area contributed by atoms with Gasteiger partial charge in [-0.05, 0) is 12.8 Å². The molecule has 0 fully saturated rings. The molecule has 1 heterocycles. The second kappa shape index (κ2) is 4.83. The predicted octanol–water partition coefficient (Wildman–Crippen LogP) is 1.43. The molecule has 1 atom stereocenters. The van der Waals surface area contributed by atoms with Gasteiger partial charge in [-0.3, -0.25) is 4.68 Å². The fourth-order valence-corrected chi connectivity index (χ4v) is 1.48. The van der Waals surface area contributed by atoms with Gasteiger partial charge in [0.15, 0.2) is 0 Å². The van der Waals surface area contributed by atoms with E-state index in [0.717, 1.165) is 17.7 Å². The van der Waals surface area contributed by atoms with Crippen LogP contribution in [-0.2, 0) is 13.5 Å². The van der Waals surface area contributed by atoms with Gasteiger partial charge in [0.2, 0.25) is 0 Å². The number of aryl methyl sites for hydroxylation is 2. The van der Waals surface area contributed by atoms with Gasteiger partial charge in [0.1, 0.15) is 0 Å². The number of rotatable bonds is 4. The Labute approximate surface area is 84.8 Å². The number of nitrogens with zero attached hydrogens (tertiary/aromatic N) is 2. The van der Waals surface area contributed by atoms with Crippen LogP contribution in [0.5, 0.6) is 0 Å². The van der Waals surface area contributed by atoms with E-state index in [9.17, 15) is 5.11 Å². The summed E-state index contributed by atoms with van der Waals surface area (Å²) in [6, 6.07) is 0. The maximum Gasteiger partial charge on any atom is 0.0832 e. The minimum Gasteiger partial charge on any atom is -0.388 e. The number of hydrogen-bond acceptors (Lipinski definition) is 2. The molecule has 0 aliphatic carbocycles. The van der Waals surface area contributed by atoms with Gasteiger partial charge in [-0.25, -0.2) is 0 Å². The summed E-state index contributed by atoms with van der Waals surface area (Å²) >= 11 is 0. The second-order valence-corrected chi connectivity index (χ2v) is 3.32. The van der Waals surface area contributed by atoms with Crippen LogP contribution >= 0.6 is 0 Å². The number of terminal acetylenes is 1. The van der Waals surface area contributed by atoms with Crippen LogP contribution < -0.4 is 0 Å². The van der Waals surface area contributed by atoms with Gasteiger partial charge in [0.25, 0.3) is 0 Å². The highest BCUT2D eigenvalue weighted by atomic mass is 16.3.